The van der Waals surface area contributed by atoms with Crippen molar-refractivity contribution in [3.8, 4) is 5.75 Å². The van der Waals surface area contributed by atoms with Gasteiger partial charge < -0.3 is 4.74 Å². The van der Waals surface area contributed by atoms with Gasteiger partial charge in [-0.1, -0.05) is 59.0 Å². The van der Waals surface area contributed by atoms with Crippen LogP contribution in [0.25, 0.3) is 0 Å². The molecule has 0 saturated heterocycles. The van der Waals surface area contributed by atoms with Gasteiger partial charge in [0.25, 0.3) is 0 Å². The van der Waals surface area contributed by atoms with Gasteiger partial charge in [0.15, 0.2) is 0 Å². The SMILES string of the molecule is Cc1cc2c(c(OCc3ccccc3)c1)C(I)C2. The molecular formula is C16H15IO. The van der Waals surface area contributed by atoms with Crippen LogP contribution in [-0.2, 0) is 13.0 Å². The number of hydrogen-bond donors (Lipinski definition) is 0. The monoisotopic (exact) mass is 350 g/mol. The van der Waals surface area contributed by atoms with Gasteiger partial charge in [-0.15, -0.1) is 0 Å². The first kappa shape index (κ1) is 12.0. The van der Waals surface area contributed by atoms with Gasteiger partial charge >= 0.3 is 0 Å². The van der Waals surface area contributed by atoms with Crippen molar-refractivity contribution in [2.75, 3.05) is 0 Å². The lowest BCUT2D eigenvalue weighted by molar-refractivity contribution is 0.300. The highest BCUT2D eigenvalue weighted by atomic mass is 127. The Bertz CT molecular complexity index is 563. The van der Waals surface area contributed by atoms with Gasteiger partial charge in [0.05, 0.1) is 0 Å². The molecule has 0 heterocycles. The molecular weight excluding hydrogens is 335 g/mol. The number of fused-ring (bicyclic) bond motifs is 1. The molecule has 0 saturated carbocycles. The van der Waals surface area contributed by atoms with E-state index in [4.69, 9.17) is 4.74 Å². The average Bonchev–Trinajstić information content (AvgIpc) is 2.36. The Morgan fingerprint density at radius 2 is 2.00 bits per heavy atom. The minimum absolute atomic E-state index is 0.615. The largest absolute Gasteiger partial charge is 0.489 e. The van der Waals surface area contributed by atoms with Crippen molar-refractivity contribution in [2.24, 2.45) is 0 Å². The van der Waals surface area contributed by atoms with Crippen LogP contribution in [0.15, 0.2) is 42.5 Å². The van der Waals surface area contributed by atoms with Crippen LogP contribution in [-0.4, -0.2) is 0 Å². The standard InChI is InChI=1S/C16H15IO/c1-11-7-13-9-14(17)16(13)15(8-11)18-10-12-5-3-2-4-6-12/h2-8,14H,9-10H2,1H3. The lowest BCUT2D eigenvalue weighted by Gasteiger charge is -2.28. The maximum Gasteiger partial charge on any atom is 0.124 e. The molecule has 18 heavy (non-hydrogen) atoms. The van der Waals surface area contributed by atoms with Crippen LogP contribution in [0.2, 0.25) is 0 Å². The quantitative estimate of drug-likeness (QED) is 0.580. The van der Waals surface area contributed by atoms with E-state index in [1.807, 2.05) is 18.2 Å². The van der Waals surface area contributed by atoms with Gasteiger partial charge in [-0.25, -0.2) is 0 Å². The second kappa shape index (κ2) is 4.92. The van der Waals surface area contributed by atoms with Crippen molar-refractivity contribution >= 4 is 22.6 Å². The zero-order valence-electron chi connectivity index (χ0n) is 10.3. The first-order chi connectivity index (χ1) is 8.74. The van der Waals surface area contributed by atoms with Gasteiger partial charge in [-0.3, -0.25) is 0 Å². The molecule has 2 aromatic rings. The summed E-state index contributed by atoms with van der Waals surface area (Å²) in [4.78, 5) is 0. The molecule has 1 atom stereocenters. The summed E-state index contributed by atoms with van der Waals surface area (Å²) < 4.78 is 6.62. The summed E-state index contributed by atoms with van der Waals surface area (Å²) in [5.41, 5.74) is 5.37. The number of benzene rings is 2. The average molecular weight is 350 g/mol. The number of aryl methyl sites for hydroxylation is 1. The highest BCUT2D eigenvalue weighted by Crippen LogP contribution is 2.46. The van der Waals surface area contributed by atoms with Gasteiger partial charge in [-0.2, -0.15) is 0 Å². The number of ether oxygens (including phenoxy) is 1. The van der Waals surface area contributed by atoms with Gasteiger partial charge in [-0.05, 0) is 36.1 Å². The molecule has 1 aliphatic carbocycles. The molecule has 0 radical (unpaired) electrons. The van der Waals surface area contributed by atoms with E-state index >= 15 is 0 Å². The van der Waals surface area contributed by atoms with Crippen LogP contribution in [0.1, 0.15) is 26.2 Å². The third kappa shape index (κ3) is 2.26. The molecule has 2 heteroatoms. The second-order valence-electron chi connectivity index (χ2n) is 4.78. The van der Waals surface area contributed by atoms with Crippen molar-refractivity contribution in [1.82, 2.24) is 0 Å². The Balaban J connectivity index is 1.81. The van der Waals surface area contributed by atoms with Crippen molar-refractivity contribution in [1.29, 1.82) is 0 Å². The molecule has 3 rings (SSSR count). The fourth-order valence-electron chi connectivity index (χ4n) is 2.38. The summed E-state index contributed by atoms with van der Waals surface area (Å²) in [5.74, 6) is 1.07. The maximum absolute atomic E-state index is 6.00. The van der Waals surface area contributed by atoms with Crippen molar-refractivity contribution in [3.05, 3.63) is 64.7 Å². The van der Waals surface area contributed by atoms with Crippen LogP contribution < -0.4 is 4.74 Å². The Kier molecular flexibility index (Phi) is 3.29. The first-order valence-electron chi connectivity index (χ1n) is 6.18. The fraction of sp³-hybridized carbons (Fsp3) is 0.250. The molecule has 0 amide bonds. The minimum Gasteiger partial charge on any atom is -0.489 e. The van der Waals surface area contributed by atoms with E-state index in [9.17, 15) is 0 Å². The summed E-state index contributed by atoms with van der Waals surface area (Å²) in [6.45, 7) is 2.79. The normalized spacial score (nSPS) is 16.9. The molecule has 2 aromatic carbocycles. The zero-order valence-corrected chi connectivity index (χ0v) is 12.5. The highest BCUT2D eigenvalue weighted by molar-refractivity contribution is 14.1. The molecule has 0 bridgehead atoms. The van der Waals surface area contributed by atoms with E-state index in [0.717, 1.165) is 5.75 Å². The molecule has 0 aliphatic heterocycles. The van der Waals surface area contributed by atoms with Crippen molar-refractivity contribution < 1.29 is 4.74 Å². The predicted molar refractivity (Wildman–Crippen MR) is 82.4 cm³/mol. The summed E-state index contributed by atoms with van der Waals surface area (Å²) in [7, 11) is 0. The Labute approximate surface area is 121 Å². The third-order valence-corrected chi connectivity index (χ3v) is 4.38. The smallest absolute Gasteiger partial charge is 0.124 e. The predicted octanol–water partition coefficient (Wildman–Crippen LogP) is 4.61. The highest BCUT2D eigenvalue weighted by Gasteiger charge is 2.27. The Morgan fingerprint density at radius 3 is 2.72 bits per heavy atom. The number of hydrogen-bond acceptors (Lipinski definition) is 1. The minimum atomic E-state index is 0.615. The number of rotatable bonds is 3. The summed E-state index contributed by atoms with van der Waals surface area (Å²) in [5, 5.41) is 0. The van der Waals surface area contributed by atoms with Crippen molar-refractivity contribution in [2.45, 2.75) is 23.9 Å². The Hall–Kier alpha value is -1.03. The van der Waals surface area contributed by atoms with E-state index in [1.165, 1.54) is 28.7 Å². The lowest BCUT2D eigenvalue weighted by Crippen LogP contribution is -2.14. The topological polar surface area (TPSA) is 9.23 Å². The molecule has 1 aliphatic rings. The summed E-state index contributed by atoms with van der Waals surface area (Å²) >= 11 is 2.50. The lowest BCUT2D eigenvalue weighted by atomic mass is 9.86. The van der Waals surface area contributed by atoms with E-state index in [2.05, 4.69) is 53.8 Å². The van der Waals surface area contributed by atoms with E-state index in [0.29, 0.717) is 10.5 Å². The van der Waals surface area contributed by atoms with Gasteiger partial charge in [0, 0.05) is 9.49 Å². The van der Waals surface area contributed by atoms with Crippen molar-refractivity contribution in [3.63, 3.8) is 0 Å². The number of halogens is 1. The van der Waals surface area contributed by atoms with Crippen LogP contribution in [0.4, 0.5) is 0 Å². The summed E-state index contributed by atoms with van der Waals surface area (Å²) in [6.07, 6.45) is 1.18. The van der Waals surface area contributed by atoms with Crippen LogP contribution in [0.5, 0.6) is 5.75 Å². The van der Waals surface area contributed by atoms with Crippen LogP contribution in [0, 0.1) is 6.92 Å². The van der Waals surface area contributed by atoms with Crippen LogP contribution >= 0.6 is 22.6 Å². The first-order valence-corrected chi connectivity index (χ1v) is 7.43. The molecule has 0 spiro atoms. The van der Waals surface area contributed by atoms with Gasteiger partial charge in [0.1, 0.15) is 12.4 Å². The van der Waals surface area contributed by atoms with E-state index in [-0.39, 0.29) is 0 Å². The van der Waals surface area contributed by atoms with Crippen LogP contribution in [0.3, 0.4) is 0 Å². The molecule has 92 valence electrons. The maximum atomic E-state index is 6.00. The summed E-state index contributed by atoms with van der Waals surface area (Å²) in [6, 6.07) is 14.8. The Morgan fingerprint density at radius 1 is 1.22 bits per heavy atom. The van der Waals surface area contributed by atoms with E-state index < -0.39 is 0 Å². The zero-order chi connectivity index (χ0) is 12.5. The van der Waals surface area contributed by atoms with E-state index in [1.54, 1.807) is 0 Å². The molecule has 0 fully saturated rings. The molecule has 0 aromatic heterocycles. The fourth-order valence-corrected chi connectivity index (χ4v) is 3.56. The molecule has 0 N–H and O–H groups in total. The van der Waals surface area contributed by atoms with Gasteiger partial charge in [0.2, 0.25) is 0 Å². The molecule has 1 nitrogen and oxygen atoms in total. The number of alkyl halides is 1. The third-order valence-electron chi connectivity index (χ3n) is 3.32. The second-order valence-corrected chi connectivity index (χ2v) is 6.29. The molecule has 1 unspecified atom stereocenters.